The third kappa shape index (κ3) is 3.91. The molecule has 110 valence electrons. The van der Waals surface area contributed by atoms with Crippen LogP contribution in [-0.4, -0.2) is 16.0 Å². The summed E-state index contributed by atoms with van der Waals surface area (Å²) < 4.78 is 2.33. The average Bonchev–Trinajstić information content (AvgIpc) is 2.43. The first-order chi connectivity index (χ1) is 9.97. The minimum Gasteiger partial charge on any atom is -0.383 e. The summed E-state index contributed by atoms with van der Waals surface area (Å²) in [6.07, 6.45) is 1.26. The molecule has 0 aliphatic carbocycles. The SMILES string of the molecule is Cc1cc(Br)ccc1NCCn1cc([N+](=O)[O-])ccc1=O. The van der Waals surface area contributed by atoms with Crippen molar-refractivity contribution in [2.45, 2.75) is 13.5 Å². The number of pyridine rings is 1. The molecular formula is C14H14BrN3O3. The van der Waals surface area contributed by atoms with E-state index in [0.29, 0.717) is 13.1 Å². The molecule has 0 bridgehead atoms. The van der Waals surface area contributed by atoms with Gasteiger partial charge in [0.15, 0.2) is 0 Å². The monoisotopic (exact) mass is 351 g/mol. The van der Waals surface area contributed by atoms with Gasteiger partial charge in [-0.25, -0.2) is 0 Å². The van der Waals surface area contributed by atoms with Crippen molar-refractivity contribution in [1.29, 1.82) is 0 Å². The molecule has 2 aromatic rings. The Hall–Kier alpha value is -2.15. The highest BCUT2D eigenvalue weighted by molar-refractivity contribution is 9.10. The molecule has 0 aliphatic rings. The quantitative estimate of drug-likeness (QED) is 0.663. The van der Waals surface area contributed by atoms with Gasteiger partial charge in [-0.15, -0.1) is 0 Å². The first-order valence-electron chi connectivity index (χ1n) is 6.32. The predicted molar refractivity (Wildman–Crippen MR) is 84.7 cm³/mol. The molecule has 1 N–H and O–H groups in total. The number of hydrogen-bond acceptors (Lipinski definition) is 4. The number of aromatic nitrogens is 1. The Morgan fingerprint density at radius 1 is 1.33 bits per heavy atom. The topological polar surface area (TPSA) is 77.2 Å². The molecule has 2 rings (SSSR count). The fourth-order valence-corrected chi connectivity index (χ4v) is 2.41. The van der Waals surface area contributed by atoms with E-state index in [2.05, 4.69) is 21.2 Å². The Kier molecular flexibility index (Phi) is 4.74. The molecule has 1 aromatic heterocycles. The maximum atomic E-state index is 11.7. The number of rotatable bonds is 5. The van der Waals surface area contributed by atoms with Crippen LogP contribution in [0.25, 0.3) is 0 Å². The van der Waals surface area contributed by atoms with Crippen LogP contribution in [0.2, 0.25) is 0 Å². The van der Waals surface area contributed by atoms with E-state index in [0.717, 1.165) is 15.7 Å². The Bertz CT molecular complexity index is 728. The van der Waals surface area contributed by atoms with Crippen molar-refractivity contribution >= 4 is 27.3 Å². The zero-order valence-corrected chi connectivity index (χ0v) is 13.0. The molecule has 0 aliphatic heterocycles. The van der Waals surface area contributed by atoms with Gasteiger partial charge in [0, 0.05) is 35.4 Å². The van der Waals surface area contributed by atoms with Crippen LogP contribution in [0.1, 0.15) is 5.56 Å². The second kappa shape index (κ2) is 6.53. The van der Waals surface area contributed by atoms with Gasteiger partial charge in [0.1, 0.15) is 0 Å². The van der Waals surface area contributed by atoms with Gasteiger partial charge in [-0.05, 0) is 30.7 Å². The lowest BCUT2D eigenvalue weighted by molar-refractivity contribution is -0.385. The molecule has 6 nitrogen and oxygen atoms in total. The van der Waals surface area contributed by atoms with Gasteiger partial charge < -0.3 is 9.88 Å². The number of benzene rings is 1. The molecule has 1 aromatic carbocycles. The highest BCUT2D eigenvalue weighted by Gasteiger charge is 2.07. The highest BCUT2D eigenvalue weighted by Crippen LogP contribution is 2.19. The van der Waals surface area contributed by atoms with Crippen LogP contribution < -0.4 is 10.9 Å². The standard InChI is InChI=1S/C14H14BrN3O3/c1-10-8-11(15)2-4-13(10)16-6-7-17-9-12(18(20)21)3-5-14(17)19/h2-5,8-9,16H,6-7H2,1H3. The molecule has 7 heteroatoms. The molecule has 0 saturated heterocycles. The van der Waals surface area contributed by atoms with Crippen LogP contribution in [0.5, 0.6) is 0 Å². The number of nitro groups is 1. The summed E-state index contributed by atoms with van der Waals surface area (Å²) in [4.78, 5) is 21.8. The second-order valence-corrected chi connectivity index (χ2v) is 5.48. The third-order valence-corrected chi connectivity index (χ3v) is 3.53. The number of aryl methyl sites for hydroxylation is 1. The lowest BCUT2D eigenvalue weighted by Crippen LogP contribution is -2.23. The highest BCUT2D eigenvalue weighted by atomic mass is 79.9. The van der Waals surface area contributed by atoms with Crippen LogP contribution in [0.15, 0.2) is 45.8 Å². The Balaban J connectivity index is 2.05. The molecule has 0 spiro atoms. The van der Waals surface area contributed by atoms with E-state index in [1.165, 1.54) is 22.9 Å². The number of nitrogens with zero attached hydrogens (tertiary/aromatic N) is 2. The van der Waals surface area contributed by atoms with Crippen LogP contribution in [0, 0.1) is 17.0 Å². The fraction of sp³-hybridized carbons (Fsp3) is 0.214. The summed E-state index contributed by atoms with van der Waals surface area (Å²) in [6.45, 7) is 2.84. The summed E-state index contributed by atoms with van der Waals surface area (Å²) in [5.41, 5.74) is 1.71. The molecule has 0 radical (unpaired) electrons. The predicted octanol–water partition coefficient (Wildman–Crippen LogP) is 2.94. The lowest BCUT2D eigenvalue weighted by atomic mass is 10.2. The molecule has 21 heavy (non-hydrogen) atoms. The van der Waals surface area contributed by atoms with E-state index in [4.69, 9.17) is 0 Å². The molecule has 0 atom stereocenters. The van der Waals surface area contributed by atoms with Crippen LogP contribution in [0.3, 0.4) is 0 Å². The van der Waals surface area contributed by atoms with E-state index in [1.807, 2.05) is 25.1 Å². The van der Waals surface area contributed by atoms with E-state index < -0.39 is 4.92 Å². The molecule has 0 amide bonds. The molecule has 0 unspecified atom stereocenters. The maximum absolute atomic E-state index is 11.7. The molecule has 0 fully saturated rings. The van der Waals surface area contributed by atoms with Gasteiger partial charge >= 0.3 is 0 Å². The lowest BCUT2D eigenvalue weighted by Gasteiger charge is -2.11. The number of nitrogens with one attached hydrogen (secondary N) is 1. The van der Waals surface area contributed by atoms with Gasteiger partial charge in [-0.2, -0.15) is 0 Å². The Morgan fingerprint density at radius 3 is 2.76 bits per heavy atom. The van der Waals surface area contributed by atoms with Gasteiger partial charge in [0.05, 0.1) is 11.1 Å². The summed E-state index contributed by atoms with van der Waals surface area (Å²) in [6, 6.07) is 8.28. The van der Waals surface area contributed by atoms with Crippen molar-refractivity contribution in [3.63, 3.8) is 0 Å². The van der Waals surface area contributed by atoms with Gasteiger partial charge in [-0.3, -0.25) is 14.9 Å². The zero-order valence-electron chi connectivity index (χ0n) is 11.4. The fourth-order valence-electron chi connectivity index (χ4n) is 1.94. The number of hydrogen-bond donors (Lipinski definition) is 1. The van der Waals surface area contributed by atoms with Crippen molar-refractivity contribution < 1.29 is 4.92 Å². The van der Waals surface area contributed by atoms with Crippen LogP contribution in [-0.2, 0) is 6.54 Å². The second-order valence-electron chi connectivity index (χ2n) is 4.56. The summed E-state index contributed by atoms with van der Waals surface area (Å²) in [5.74, 6) is 0. The van der Waals surface area contributed by atoms with Crippen molar-refractivity contribution in [2.24, 2.45) is 0 Å². The minimum absolute atomic E-state index is 0.0885. The third-order valence-electron chi connectivity index (χ3n) is 3.04. The van der Waals surface area contributed by atoms with Crippen molar-refractivity contribution in [3.05, 3.63) is 67.0 Å². The summed E-state index contributed by atoms with van der Waals surface area (Å²) in [7, 11) is 0. The number of anilines is 1. The van der Waals surface area contributed by atoms with Crippen molar-refractivity contribution in [2.75, 3.05) is 11.9 Å². The van der Waals surface area contributed by atoms with E-state index >= 15 is 0 Å². The summed E-state index contributed by atoms with van der Waals surface area (Å²) in [5, 5.41) is 13.9. The smallest absolute Gasteiger partial charge is 0.285 e. The normalized spacial score (nSPS) is 10.4. The first-order valence-corrected chi connectivity index (χ1v) is 7.11. The summed E-state index contributed by atoms with van der Waals surface area (Å²) >= 11 is 3.40. The Labute approximate surface area is 129 Å². The zero-order chi connectivity index (χ0) is 15.4. The molecule has 1 heterocycles. The average molecular weight is 352 g/mol. The maximum Gasteiger partial charge on any atom is 0.285 e. The largest absolute Gasteiger partial charge is 0.383 e. The van der Waals surface area contributed by atoms with Crippen molar-refractivity contribution in [3.8, 4) is 0 Å². The first kappa shape index (κ1) is 15.2. The Morgan fingerprint density at radius 2 is 2.10 bits per heavy atom. The number of halogens is 1. The molecule has 0 saturated carbocycles. The molecular weight excluding hydrogens is 338 g/mol. The van der Waals surface area contributed by atoms with E-state index in [1.54, 1.807) is 0 Å². The van der Waals surface area contributed by atoms with Gasteiger partial charge in [0.2, 0.25) is 0 Å². The minimum atomic E-state index is -0.512. The van der Waals surface area contributed by atoms with Crippen LogP contribution >= 0.6 is 15.9 Å². The van der Waals surface area contributed by atoms with E-state index in [9.17, 15) is 14.9 Å². The van der Waals surface area contributed by atoms with Crippen LogP contribution in [0.4, 0.5) is 11.4 Å². The van der Waals surface area contributed by atoms with E-state index in [-0.39, 0.29) is 11.2 Å². The van der Waals surface area contributed by atoms with Gasteiger partial charge in [-0.1, -0.05) is 15.9 Å². The van der Waals surface area contributed by atoms with Gasteiger partial charge in [0.25, 0.3) is 11.2 Å². The van der Waals surface area contributed by atoms with Crippen molar-refractivity contribution in [1.82, 2.24) is 4.57 Å².